The van der Waals surface area contributed by atoms with Gasteiger partial charge in [-0.25, -0.2) is 0 Å². The summed E-state index contributed by atoms with van der Waals surface area (Å²) >= 11 is 3.14. The van der Waals surface area contributed by atoms with Gasteiger partial charge in [-0.1, -0.05) is 0 Å². The molecule has 0 heterocycles. The Labute approximate surface area is 60.3 Å². The van der Waals surface area contributed by atoms with Gasteiger partial charge in [0.25, 0.3) is 0 Å². The van der Waals surface area contributed by atoms with Gasteiger partial charge in [-0.2, -0.15) is 0 Å². The molecule has 0 unspecified atom stereocenters. The summed E-state index contributed by atoms with van der Waals surface area (Å²) in [5.41, 5.74) is 1.30. The molecule has 8 heavy (non-hydrogen) atoms. The van der Waals surface area contributed by atoms with Crippen molar-refractivity contribution >= 4 is 4.04 Å². The molecule has 0 fully saturated rings. The maximum absolute atomic E-state index is 3.14. The Balaban J connectivity index is 3.13. The third-order valence-electron chi connectivity index (χ3n) is 1.04. The predicted molar refractivity (Wildman–Crippen MR) is 30.8 cm³/mol. The van der Waals surface area contributed by atoms with Crippen LogP contribution in [0.5, 0.6) is 0 Å². The molecule has 0 atom stereocenters. The molecule has 0 aliphatic carbocycles. The zero-order valence-electron chi connectivity index (χ0n) is 4.63. The quantitative estimate of drug-likeness (QED) is 0.548. The Kier molecular flexibility index (Phi) is 1.83. The van der Waals surface area contributed by atoms with Crippen molar-refractivity contribution in [2.75, 3.05) is 0 Å². The first-order chi connectivity index (χ1) is 3.80. The van der Waals surface area contributed by atoms with Gasteiger partial charge < -0.3 is 0 Å². The molecule has 0 amide bonds. The molecule has 0 radical (unpaired) electrons. The molecule has 0 saturated heterocycles. The number of aryl methyl sites for hydroxylation is 1. The van der Waals surface area contributed by atoms with Gasteiger partial charge in [-0.3, -0.25) is 0 Å². The van der Waals surface area contributed by atoms with Crippen LogP contribution in [0, 0.1) is 6.92 Å². The Morgan fingerprint density at radius 1 is 1.25 bits per heavy atom. The summed E-state index contributed by atoms with van der Waals surface area (Å²) in [5, 5.41) is 0. The molecule has 0 N–H and O–H groups in total. The zero-order valence-corrected chi connectivity index (χ0v) is 6.18. The number of hydrogen-bond donors (Lipinski definition) is 0. The van der Waals surface area contributed by atoms with Crippen molar-refractivity contribution in [1.82, 2.24) is 0 Å². The molecule has 0 aliphatic rings. The van der Waals surface area contributed by atoms with E-state index in [1.54, 1.807) is 0 Å². The molecule has 45 valence electrons. The average molecular weight is 198 g/mol. The van der Waals surface area contributed by atoms with E-state index in [1.807, 2.05) is 12.1 Å². The molecule has 1 aromatic rings. The molecule has 0 aliphatic heterocycles. The Morgan fingerprint density at radius 2 is 1.88 bits per heavy atom. The fourth-order valence-electron chi connectivity index (χ4n) is 0.540. The maximum atomic E-state index is 3.14. The van der Waals surface area contributed by atoms with Crippen molar-refractivity contribution in [3.63, 3.8) is 0 Å². The standard InChI is InChI=1S/C7H7.Pd/c1-7-5-3-2-4-6-7;/h2-5H,1H3;. The van der Waals surface area contributed by atoms with Gasteiger partial charge >= 0.3 is 60.0 Å². The third-order valence-corrected chi connectivity index (χ3v) is 1.91. The number of rotatable bonds is 0. The SMILES string of the molecule is Cc1cccc[c]1[Pd]. The molecule has 0 aromatic heterocycles. The Hall–Kier alpha value is -0.118. The van der Waals surface area contributed by atoms with Crippen LogP contribution in [-0.2, 0) is 19.2 Å². The minimum absolute atomic E-state index is 1.22. The van der Waals surface area contributed by atoms with Gasteiger partial charge in [0, 0.05) is 0 Å². The second-order valence-electron chi connectivity index (χ2n) is 1.72. The first-order valence-corrected chi connectivity index (χ1v) is 3.26. The van der Waals surface area contributed by atoms with Gasteiger partial charge in [0.15, 0.2) is 0 Å². The fraction of sp³-hybridized carbons (Fsp3) is 0.143. The van der Waals surface area contributed by atoms with Crippen molar-refractivity contribution in [2.45, 2.75) is 6.92 Å². The summed E-state index contributed by atoms with van der Waals surface area (Å²) in [6.45, 7) is 2.08. The van der Waals surface area contributed by atoms with Crippen LogP contribution in [0.4, 0.5) is 0 Å². The first-order valence-electron chi connectivity index (χ1n) is 2.49. The van der Waals surface area contributed by atoms with Gasteiger partial charge in [0.05, 0.1) is 0 Å². The molecule has 1 heteroatoms. The Morgan fingerprint density at radius 3 is 2.25 bits per heavy atom. The van der Waals surface area contributed by atoms with Gasteiger partial charge in [0.1, 0.15) is 0 Å². The second-order valence-corrected chi connectivity index (χ2v) is 2.55. The van der Waals surface area contributed by atoms with E-state index in [1.165, 1.54) is 9.60 Å². The molecular formula is C7H7Pd. The van der Waals surface area contributed by atoms with Crippen LogP contribution < -0.4 is 4.04 Å². The van der Waals surface area contributed by atoms with E-state index in [4.69, 9.17) is 0 Å². The van der Waals surface area contributed by atoms with Crippen molar-refractivity contribution < 1.29 is 19.2 Å². The summed E-state index contributed by atoms with van der Waals surface area (Å²) in [4.78, 5) is 0. The van der Waals surface area contributed by atoms with E-state index in [0.717, 1.165) is 0 Å². The van der Waals surface area contributed by atoms with Crippen LogP contribution in [0.25, 0.3) is 0 Å². The van der Waals surface area contributed by atoms with Crippen molar-refractivity contribution in [3.8, 4) is 0 Å². The first kappa shape index (κ1) is 6.01. The number of hydrogen-bond acceptors (Lipinski definition) is 0. The summed E-state index contributed by atoms with van der Waals surface area (Å²) in [6, 6.07) is 8.19. The molecule has 1 aromatic carbocycles. The summed E-state index contributed by atoms with van der Waals surface area (Å²) in [7, 11) is 0. The van der Waals surface area contributed by atoms with E-state index in [0.29, 0.717) is 0 Å². The summed E-state index contributed by atoms with van der Waals surface area (Å²) in [5.74, 6) is 0. The minimum atomic E-state index is 1.22. The Bertz CT molecular complexity index is 160. The molecular weight excluding hydrogens is 190 g/mol. The predicted octanol–water partition coefficient (Wildman–Crippen LogP) is 1.17. The second kappa shape index (κ2) is 2.44. The molecule has 1 rings (SSSR count). The van der Waals surface area contributed by atoms with Crippen molar-refractivity contribution in [1.29, 1.82) is 0 Å². The van der Waals surface area contributed by atoms with E-state index >= 15 is 0 Å². The fourth-order valence-corrected chi connectivity index (χ4v) is 0.819. The van der Waals surface area contributed by atoms with Crippen LogP contribution in [-0.4, -0.2) is 0 Å². The third kappa shape index (κ3) is 1.18. The van der Waals surface area contributed by atoms with Gasteiger partial charge in [-0.05, 0) is 0 Å². The van der Waals surface area contributed by atoms with E-state index < -0.39 is 0 Å². The zero-order chi connectivity index (χ0) is 5.98. The van der Waals surface area contributed by atoms with E-state index in [2.05, 4.69) is 38.3 Å². The van der Waals surface area contributed by atoms with Crippen LogP contribution >= 0.6 is 0 Å². The van der Waals surface area contributed by atoms with Crippen molar-refractivity contribution in [2.24, 2.45) is 0 Å². The molecule has 0 bridgehead atoms. The van der Waals surface area contributed by atoms with Crippen LogP contribution in [0.2, 0.25) is 0 Å². The van der Waals surface area contributed by atoms with Crippen molar-refractivity contribution in [3.05, 3.63) is 29.8 Å². The average Bonchev–Trinajstić information content (AvgIpc) is 1.77. The van der Waals surface area contributed by atoms with Gasteiger partial charge in [0.2, 0.25) is 0 Å². The monoisotopic (exact) mass is 197 g/mol. The van der Waals surface area contributed by atoms with Crippen LogP contribution in [0.3, 0.4) is 0 Å². The summed E-state index contributed by atoms with van der Waals surface area (Å²) in [6.07, 6.45) is 0. The molecule has 0 saturated carbocycles. The van der Waals surface area contributed by atoms with Crippen LogP contribution in [0.1, 0.15) is 5.56 Å². The van der Waals surface area contributed by atoms with E-state index in [9.17, 15) is 0 Å². The molecule has 0 nitrogen and oxygen atoms in total. The summed E-state index contributed by atoms with van der Waals surface area (Å²) < 4.78 is 1.22. The number of benzene rings is 1. The van der Waals surface area contributed by atoms with Gasteiger partial charge in [-0.15, -0.1) is 0 Å². The van der Waals surface area contributed by atoms with E-state index in [-0.39, 0.29) is 0 Å². The van der Waals surface area contributed by atoms with Crippen LogP contribution in [0.15, 0.2) is 24.3 Å². The molecule has 0 spiro atoms. The normalized spacial score (nSPS) is 9.38. The topological polar surface area (TPSA) is 0 Å².